The Balaban J connectivity index is 1.50. The van der Waals surface area contributed by atoms with Gasteiger partial charge in [0.25, 0.3) is 11.1 Å². The Labute approximate surface area is 215 Å². The lowest BCUT2D eigenvalue weighted by Gasteiger charge is -2.13. The summed E-state index contributed by atoms with van der Waals surface area (Å²) in [5.74, 6) is -0.633. The molecular weight excluding hydrogens is 506 g/mol. The van der Waals surface area contributed by atoms with Crippen LogP contribution in [0, 0.1) is 12.7 Å². The number of nitrogens with zero attached hydrogens (tertiary/aromatic N) is 2. The minimum Gasteiger partial charge on any atom is -0.340 e. The highest BCUT2D eigenvalue weighted by Gasteiger charge is 2.35. The zero-order valence-electron chi connectivity index (χ0n) is 18.6. The van der Waals surface area contributed by atoms with Crippen LogP contribution in [0.2, 0.25) is 10.0 Å². The molecule has 0 N–H and O–H groups in total. The highest BCUT2D eigenvalue weighted by Crippen LogP contribution is 2.37. The number of carbonyl (C=O) groups excluding carboxylic acids is 2. The van der Waals surface area contributed by atoms with E-state index in [4.69, 9.17) is 23.2 Å². The molecule has 1 saturated heterocycles. The Morgan fingerprint density at radius 3 is 2.46 bits per heavy atom. The van der Waals surface area contributed by atoms with E-state index in [1.807, 2.05) is 41.8 Å². The van der Waals surface area contributed by atoms with E-state index in [2.05, 4.69) is 0 Å². The van der Waals surface area contributed by atoms with Crippen molar-refractivity contribution < 1.29 is 14.0 Å². The minimum absolute atomic E-state index is 0.104. The maximum absolute atomic E-state index is 14.4. The van der Waals surface area contributed by atoms with Gasteiger partial charge in [-0.15, -0.1) is 0 Å². The molecule has 0 radical (unpaired) electrons. The lowest BCUT2D eigenvalue weighted by molar-refractivity contribution is -0.123. The van der Waals surface area contributed by atoms with Crippen LogP contribution in [0.25, 0.3) is 17.0 Å². The van der Waals surface area contributed by atoms with Crippen molar-refractivity contribution in [3.63, 3.8) is 0 Å². The van der Waals surface area contributed by atoms with Crippen molar-refractivity contribution in [2.75, 3.05) is 0 Å². The zero-order valence-corrected chi connectivity index (χ0v) is 20.9. The van der Waals surface area contributed by atoms with Gasteiger partial charge in [0.15, 0.2) is 0 Å². The summed E-state index contributed by atoms with van der Waals surface area (Å²) in [5, 5.41) is 1.36. The van der Waals surface area contributed by atoms with Crippen LogP contribution in [0.3, 0.4) is 0 Å². The van der Waals surface area contributed by atoms with Gasteiger partial charge in [0.05, 0.1) is 28.0 Å². The van der Waals surface area contributed by atoms with Crippen LogP contribution in [0.15, 0.2) is 71.6 Å². The Morgan fingerprint density at radius 2 is 1.69 bits per heavy atom. The average molecular weight is 525 g/mol. The number of hydrogen-bond donors (Lipinski definition) is 0. The number of benzene rings is 3. The standard InChI is InChI=1S/C27H19Cl2FN2O2S/c1-16-20(19-7-3-5-9-24(19)31(16)15-18-6-2-4-8-23(18)30)13-25-26(33)32(27(34)35-25)14-17-10-11-21(28)22(29)12-17/h2-13H,14-15H2,1H3/b25-13-. The Kier molecular flexibility index (Phi) is 6.45. The van der Waals surface area contributed by atoms with Crippen LogP contribution >= 0.6 is 35.0 Å². The van der Waals surface area contributed by atoms with E-state index in [0.717, 1.165) is 33.9 Å². The second kappa shape index (κ2) is 9.53. The number of rotatable bonds is 5. The summed E-state index contributed by atoms with van der Waals surface area (Å²) in [4.78, 5) is 27.4. The number of fused-ring (bicyclic) bond motifs is 1. The highest BCUT2D eigenvalue weighted by atomic mass is 35.5. The lowest BCUT2D eigenvalue weighted by atomic mass is 10.1. The molecule has 0 spiro atoms. The molecule has 3 aromatic carbocycles. The van der Waals surface area contributed by atoms with Gasteiger partial charge in [0.1, 0.15) is 5.82 Å². The first-order valence-corrected chi connectivity index (χ1v) is 12.4. The number of halogens is 3. The fourth-order valence-electron chi connectivity index (χ4n) is 4.23. The molecule has 1 aliphatic rings. The number of thioether (sulfide) groups is 1. The van der Waals surface area contributed by atoms with Crippen LogP contribution < -0.4 is 0 Å². The highest BCUT2D eigenvalue weighted by molar-refractivity contribution is 8.18. The summed E-state index contributed by atoms with van der Waals surface area (Å²) in [6, 6.07) is 19.5. The molecule has 1 aliphatic heterocycles. The van der Waals surface area contributed by atoms with Gasteiger partial charge >= 0.3 is 0 Å². The van der Waals surface area contributed by atoms with Crippen molar-refractivity contribution in [1.82, 2.24) is 9.47 Å². The molecule has 4 aromatic rings. The molecule has 8 heteroatoms. The van der Waals surface area contributed by atoms with Crippen LogP contribution in [-0.4, -0.2) is 20.6 Å². The quantitative estimate of drug-likeness (QED) is 0.251. The predicted molar refractivity (Wildman–Crippen MR) is 140 cm³/mol. The number of imide groups is 1. The molecule has 35 heavy (non-hydrogen) atoms. The first-order chi connectivity index (χ1) is 16.8. The van der Waals surface area contributed by atoms with Gasteiger partial charge in [-0.2, -0.15) is 0 Å². The summed E-state index contributed by atoms with van der Waals surface area (Å²) in [7, 11) is 0. The molecule has 176 valence electrons. The SMILES string of the molecule is Cc1c(/C=C2\SC(=O)N(Cc3ccc(Cl)c(Cl)c3)C2=O)c2ccccc2n1Cc1ccccc1F. The lowest BCUT2D eigenvalue weighted by Crippen LogP contribution is -2.27. The van der Waals surface area contributed by atoms with Crippen LogP contribution in [0.5, 0.6) is 0 Å². The zero-order chi connectivity index (χ0) is 24.7. The van der Waals surface area contributed by atoms with E-state index in [1.54, 1.807) is 36.4 Å². The first-order valence-electron chi connectivity index (χ1n) is 10.8. The third-order valence-electron chi connectivity index (χ3n) is 6.04. The molecule has 0 unspecified atom stereocenters. The smallest absolute Gasteiger partial charge is 0.293 e. The second-order valence-electron chi connectivity index (χ2n) is 8.21. The van der Waals surface area contributed by atoms with Gasteiger partial charge in [-0.3, -0.25) is 14.5 Å². The molecule has 5 rings (SSSR count). The number of aromatic nitrogens is 1. The first kappa shape index (κ1) is 23.7. The number of para-hydroxylation sites is 1. The van der Waals surface area contributed by atoms with Crippen molar-refractivity contribution in [3.05, 3.63) is 110 Å². The third kappa shape index (κ3) is 4.49. The van der Waals surface area contributed by atoms with Gasteiger partial charge in [-0.25, -0.2) is 4.39 Å². The number of amides is 2. The van der Waals surface area contributed by atoms with Crippen LogP contribution in [0.1, 0.15) is 22.4 Å². The molecule has 1 aromatic heterocycles. The number of carbonyl (C=O) groups is 2. The monoisotopic (exact) mass is 524 g/mol. The molecule has 2 amide bonds. The van der Waals surface area contributed by atoms with E-state index < -0.39 is 0 Å². The van der Waals surface area contributed by atoms with E-state index in [9.17, 15) is 14.0 Å². The summed E-state index contributed by atoms with van der Waals surface area (Å²) in [5.41, 5.74) is 3.92. The van der Waals surface area contributed by atoms with Crippen molar-refractivity contribution in [2.45, 2.75) is 20.0 Å². The summed E-state index contributed by atoms with van der Waals surface area (Å²) in [6.07, 6.45) is 1.76. The Morgan fingerprint density at radius 1 is 0.943 bits per heavy atom. The van der Waals surface area contributed by atoms with E-state index in [1.165, 1.54) is 11.0 Å². The fourth-order valence-corrected chi connectivity index (χ4v) is 5.37. The molecule has 0 aliphatic carbocycles. The summed E-state index contributed by atoms with van der Waals surface area (Å²) in [6.45, 7) is 2.39. The van der Waals surface area contributed by atoms with Crippen LogP contribution in [-0.2, 0) is 17.9 Å². The normalized spacial score (nSPS) is 15.1. The van der Waals surface area contributed by atoms with Gasteiger partial charge in [0.2, 0.25) is 0 Å². The Bertz CT molecular complexity index is 1530. The van der Waals surface area contributed by atoms with Gasteiger partial charge in [0, 0.05) is 27.7 Å². The molecule has 2 heterocycles. The van der Waals surface area contributed by atoms with Crippen molar-refractivity contribution in [1.29, 1.82) is 0 Å². The van der Waals surface area contributed by atoms with E-state index in [-0.39, 0.29) is 23.5 Å². The predicted octanol–water partition coefficient (Wildman–Crippen LogP) is 7.68. The second-order valence-corrected chi connectivity index (χ2v) is 10.0. The molecule has 0 saturated carbocycles. The third-order valence-corrected chi connectivity index (χ3v) is 7.69. The fraction of sp³-hybridized carbons (Fsp3) is 0.111. The van der Waals surface area contributed by atoms with E-state index in [0.29, 0.717) is 32.6 Å². The summed E-state index contributed by atoms with van der Waals surface area (Å²) >= 11 is 13.0. The maximum atomic E-state index is 14.4. The van der Waals surface area contributed by atoms with Crippen LogP contribution in [0.4, 0.5) is 9.18 Å². The molecule has 0 bridgehead atoms. The van der Waals surface area contributed by atoms with E-state index >= 15 is 0 Å². The molecular formula is C27H19Cl2FN2O2S. The van der Waals surface area contributed by atoms with Gasteiger partial charge in [-0.05, 0) is 54.6 Å². The summed E-state index contributed by atoms with van der Waals surface area (Å²) < 4.78 is 16.4. The number of hydrogen-bond acceptors (Lipinski definition) is 3. The van der Waals surface area contributed by atoms with Crippen molar-refractivity contribution in [3.8, 4) is 0 Å². The molecule has 4 nitrogen and oxygen atoms in total. The topological polar surface area (TPSA) is 42.3 Å². The van der Waals surface area contributed by atoms with Crippen molar-refractivity contribution >= 4 is 63.1 Å². The largest absolute Gasteiger partial charge is 0.340 e. The van der Waals surface area contributed by atoms with Crippen molar-refractivity contribution in [2.24, 2.45) is 0 Å². The Hall–Kier alpha value is -3.06. The maximum Gasteiger partial charge on any atom is 0.293 e. The van der Waals surface area contributed by atoms with Gasteiger partial charge < -0.3 is 4.57 Å². The average Bonchev–Trinajstić information content (AvgIpc) is 3.26. The molecule has 0 atom stereocenters. The minimum atomic E-state index is -0.364. The van der Waals surface area contributed by atoms with Gasteiger partial charge in [-0.1, -0.05) is 65.7 Å². The molecule has 1 fully saturated rings.